The van der Waals surface area contributed by atoms with E-state index in [1.807, 2.05) is 18.2 Å². The van der Waals surface area contributed by atoms with E-state index >= 15 is 0 Å². The minimum atomic E-state index is -0.773. The summed E-state index contributed by atoms with van der Waals surface area (Å²) in [5.74, 6) is 2.53. The SMILES string of the molecule is [B]C(C)(C#CO)Cc1ccc(NC(=O)CS)cc1. The number of carbonyl (C=O) groups excluding carboxylic acids is 1. The summed E-state index contributed by atoms with van der Waals surface area (Å²) in [6.45, 7) is 1.74. The molecule has 2 radical (unpaired) electrons. The van der Waals surface area contributed by atoms with E-state index in [1.165, 1.54) is 0 Å². The zero-order chi connectivity index (χ0) is 13.6. The van der Waals surface area contributed by atoms with Crippen molar-refractivity contribution in [1.82, 2.24) is 0 Å². The number of aliphatic hydroxyl groups is 1. The molecule has 0 aliphatic rings. The predicted molar refractivity (Wildman–Crippen MR) is 76.5 cm³/mol. The fourth-order valence-corrected chi connectivity index (χ4v) is 1.58. The van der Waals surface area contributed by atoms with Crippen LogP contribution in [0.4, 0.5) is 5.69 Å². The number of anilines is 1. The van der Waals surface area contributed by atoms with E-state index in [0.717, 1.165) is 5.56 Å². The largest absolute Gasteiger partial charge is 0.462 e. The van der Waals surface area contributed by atoms with Crippen LogP contribution in [0.2, 0.25) is 5.31 Å². The van der Waals surface area contributed by atoms with Crippen molar-refractivity contribution < 1.29 is 9.90 Å². The number of amides is 1. The van der Waals surface area contributed by atoms with Gasteiger partial charge in [-0.2, -0.15) is 12.6 Å². The molecule has 0 aliphatic carbocycles. The zero-order valence-corrected chi connectivity index (χ0v) is 11.0. The van der Waals surface area contributed by atoms with Gasteiger partial charge in [0.05, 0.1) is 13.6 Å². The summed E-state index contributed by atoms with van der Waals surface area (Å²) in [5, 5.41) is 10.5. The van der Waals surface area contributed by atoms with Gasteiger partial charge in [0.1, 0.15) is 6.11 Å². The molecule has 0 heterocycles. The minimum absolute atomic E-state index is 0.148. The van der Waals surface area contributed by atoms with Gasteiger partial charge in [0, 0.05) is 5.69 Å². The number of nitrogens with one attached hydrogen (secondary N) is 1. The first-order valence-electron chi connectivity index (χ1n) is 5.41. The van der Waals surface area contributed by atoms with E-state index in [0.29, 0.717) is 12.1 Å². The Labute approximate surface area is 114 Å². The number of thiol groups is 1. The molecule has 3 nitrogen and oxygen atoms in total. The molecule has 1 unspecified atom stereocenters. The van der Waals surface area contributed by atoms with E-state index < -0.39 is 5.31 Å². The standard InChI is InChI=1S/C13H14BNO2S/c1-13(14,6-7-16)8-10-2-4-11(5-3-10)15-12(17)9-18/h2-5,16,18H,8-9H2,1H3,(H,15,17). The number of benzene rings is 1. The third-order valence-corrected chi connectivity index (χ3v) is 2.58. The summed E-state index contributed by atoms with van der Waals surface area (Å²) in [6, 6.07) is 7.30. The van der Waals surface area contributed by atoms with Gasteiger partial charge in [-0.1, -0.05) is 25.0 Å². The molecular formula is C13H14BNO2S. The fourth-order valence-electron chi connectivity index (χ4n) is 1.50. The smallest absolute Gasteiger partial charge is 0.234 e. The van der Waals surface area contributed by atoms with Gasteiger partial charge in [-0.05, 0) is 29.4 Å². The van der Waals surface area contributed by atoms with Crippen LogP contribution in [0, 0.1) is 12.0 Å². The second-order valence-electron chi connectivity index (χ2n) is 4.23. The summed E-state index contributed by atoms with van der Waals surface area (Å²) in [5.41, 5.74) is 1.69. The van der Waals surface area contributed by atoms with Crippen molar-refractivity contribution in [3.05, 3.63) is 29.8 Å². The van der Waals surface area contributed by atoms with Crippen LogP contribution in [0.15, 0.2) is 24.3 Å². The molecule has 92 valence electrons. The second-order valence-corrected chi connectivity index (χ2v) is 4.55. The fraction of sp³-hybridized carbons (Fsp3) is 0.308. The number of carbonyl (C=O) groups is 1. The van der Waals surface area contributed by atoms with Gasteiger partial charge in [-0.25, -0.2) is 0 Å². The Morgan fingerprint density at radius 2 is 2.11 bits per heavy atom. The molecular weight excluding hydrogens is 245 g/mol. The summed E-state index contributed by atoms with van der Waals surface area (Å²) < 4.78 is 0. The molecule has 1 aromatic carbocycles. The van der Waals surface area contributed by atoms with Crippen LogP contribution in [-0.2, 0) is 11.2 Å². The molecule has 5 heteroatoms. The number of aliphatic hydroxyl groups excluding tert-OH is 1. The highest BCUT2D eigenvalue weighted by molar-refractivity contribution is 7.81. The maximum atomic E-state index is 11.1. The summed E-state index contributed by atoms with van der Waals surface area (Å²) >= 11 is 3.88. The van der Waals surface area contributed by atoms with Crippen LogP contribution in [-0.4, -0.2) is 24.6 Å². The number of hydrogen-bond acceptors (Lipinski definition) is 3. The molecule has 1 rings (SSSR count). The Bertz CT molecular complexity index is 474. The molecule has 1 atom stereocenters. The van der Waals surface area contributed by atoms with Crippen LogP contribution in [0.1, 0.15) is 12.5 Å². The molecule has 2 N–H and O–H groups in total. The quantitative estimate of drug-likeness (QED) is 0.438. The van der Waals surface area contributed by atoms with Crippen LogP contribution in [0.25, 0.3) is 0 Å². The monoisotopic (exact) mass is 259 g/mol. The lowest BCUT2D eigenvalue weighted by Crippen LogP contribution is -2.13. The molecule has 0 spiro atoms. The Hall–Kier alpha value is -1.54. The van der Waals surface area contributed by atoms with E-state index in [2.05, 4.69) is 23.9 Å². The summed E-state index contributed by atoms with van der Waals surface area (Å²) in [7, 11) is 5.89. The summed E-state index contributed by atoms with van der Waals surface area (Å²) in [4.78, 5) is 11.1. The van der Waals surface area contributed by atoms with Crippen molar-refractivity contribution in [3.63, 3.8) is 0 Å². The Morgan fingerprint density at radius 3 is 2.61 bits per heavy atom. The molecule has 0 aliphatic heterocycles. The van der Waals surface area contributed by atoms with Crippen LogP contribution < -0.4 is 5.32 Å². The molecule has 0 saturated heterocycles. The lowest BCUT2D eigenvalue weighted by Gasteiger charge is -2.17. The van der Waals surface area contributed by atoms with Gasteiger partial charge in [0.2, 0.25) is 5.91 Å². The average molecular weight is 259 g/mol. The van der Waals surface area contributed by atoms with Crippen molar-refractivity contribution in [1.29, 1.82) is 0 Å². The van der Waals surface area contributed by atoms with Crippen molar-refractivity contribution >= 4 is 32.1 Å². The number of rotatable bonds is 4. The van der Waals surface area contributed by atoms with Gasteiger partial charge >= 0.3 is 0 Å². The van der Waals surface area contributed by atoms with Crippen molar-refractivity contribution in [3.8, 4) is 12.0 Å². The van der Waals surface area contributed by atoms with Gasteiger partial charge in [-0.3, -0.25) is 4.79 Å². The summed E-state index contributed by atoms with van der Waals surface area (Å²) in [6.07, 6.45) is 2.35. The predicted octanol–water partition coefficient (Wildman–Crippen LogP) is 1.78. The first kappa shape index (κ1) is 14.5. The van der Waals surface area contributed by atoms with E-state index in [9.17, 15) is 4.79 Å². The molecule has 1 aromatic rings. The average Bonchev–Trinajstić information content (AvgIpc) is 2.31. The van der Waals surface area contributed by atoms with E-state index in [4.69, 9.17) is 13.0 Å². The van der Waals surface area contributed by atoms with Crippen LogP contribution in [0.5, 0.6) is 0 Å². The Kier molecular flexibility index (Phi) is 5.17. The lowest BCUT2D eigenvalue weighted by molar-refractivity contribution is -0.113. The second kappa shape index (κ2) is 6.41. The topological polar surface area (TPSA) is 49.3 Å². The van der Waals surface area contributed by atoms with Crippen LogP contribution in [0.3, 0.4) is 0 Å². The van der Waals surface area contributed by atoms with E-state index in [-0.39, 0.29) is 11.7 Å². The molecule has 0 fully saturated rings. The maximum Gasteiger partial charge on any atom is 0.234 e. The Morgan fingerprint density at radius 1 is 1.50 bits per heavy atom. The first-order valence-corrected chi connectivity index (χ1v) is 6.05. The molecule has 0 bridgehead atoms. The third-order valence-electron chi connectivity index (χ3n) is 2.29. The van der Waals surface area contributed by atoms with Gasteiger partial charge in [-0.15, -0.1) is 0 Å². The highest BCUT2D eigenvalue weighted by atomic mass is 32.1. The highest BCUT2D eigenvalue weighted by Crippen LogP contribution is 2.25. The zero-order valence-electron chi connectivity index (χ0n) is 10.1. The molecule has 0 saturated carbocycles. The van der Waals surface area contributed by atoms with Gasteiger partial charge in [0.25, 0.3) is 0 Å². The van der Waals surface area contributed by atoms with Crippen molar-refractivity contribution in [2.24, 2.45) is 0 Å². The molecule has 1 amide bonds. The van der Waals surface area contributed by atoms with Crippen molar-refractivity contribution in [2.75, 3.05) is 11.1 Å². The Balaban J connectivity index is 2.70. The van der Waals surface area contributed by atoms with Crippen LogP contribution >= 0.6 is 12.6 Å². The lowest BCUT2D eigenvalue weighted by atomic mass is 9.67. The third kappa shape index (κ3) is 4.76. The van der Waals surface area contributed by atoms with Crippen molar-refractivity contribution in [2.45, 2.75) is 18.7 Å². The number of hydrogen-bond donors (Lipinski definition) is 3. The van der Waals surface area contributed by atoms with Gasteiger partial charge in [0.15, 0.2) is 0 Å². The molecule has 0 aromatic heterocycles. The minimum Gasteiger partial charge on any atom is -0.462 e. The maximum absolute atomic E-state index is 11.1. The highest BCUT2D eigenvalue weighted by Gasteiger charge is 2.15. The first-order chi connectivity index (χ1) is 8.46. The normalized spacial score (nSPS) is 13.0. The molecule has 18 heavy (non-hydrogen) atoms. The van der Waals surface area contributed by atoms with Gasteiger partial charge < -0.3 is 10.4 Å². The van der Waals surface area contributed by atoms with E-state index in [1.54, 1.807) is 19.1 Å².